The minimum absolute atomic E-state index is 0.0147. The number of oxazole rings is 1. The molecule has 150 valence electrons. The fourth-order valence-corrected chi connectivity index (χ4v) is 4.01. The van der Waals surface area contributed by atoms with E-state index < -0.39 is 0 Å². The van der Waals surface area contributed by atoms with Crippen LogP contribution in [0.25, 0.3) is 11.1 Å². The molecule has 0 radical (unpaired) electrons. The SMILES string of the molecule is Cc1ccc2oc(CN(Cc3ccncc3)C(=O)C3C[C@@H]3c3ccccc3)nc2c1. The summed E-state index contributed by atoms with van der Waals surface area (Å²) in [6, 6.07) is 20.1. The highest BCUT2D eigenvalue weighted by Crippen LogP contribution is 2.48. The Morgan fingerprint density at radius 3 is 2.67 bits per heavy atom. The second-order valence-corrected chi connectivity index (χ2v) is 7.99. The standard InChI is InChI=1S/C25H23N3O2/c1-17-7-8-23-22(13-17)27-24(30-23)16-28(15-18-9-11-26-12-10-18)25(29)21-14-20(21)19-5-3-2-4-6-19/h2-13,20-21H,14-16H2,1H3/t20-,21?/m1/s1. The van der Waals surface area contributed by atoms with Gasteiger partial charge in [0.1, 0.15) is 5.52 Å². The molecule has 1 amide bonds. The first-order valence-electron chi connectivity index (χ1n) is 10.3. The molecule has 0 saturated heterocycles. The summed E-state index contributed by atoms with van der Waals surface area (Å²) in [7, 11) is 0. The Morgan fingerprint density at radius 2 is 1.87 bits per heavy atom. The van der Waals surface area contributed by atoms with Crippen LogP contribution in [-0.2, 0) is 17.9 Å². The van der Waals surface area contributed by atoms with Gasteiger partial charge in [0.2, 0.25) is 11.8 Å². The van der Waals surface area contributed by atoms with Gasteiger partial charge in [0.25, 0.3) is 0 Å². The number of carbonyl (C=O) groups excluding carboxylic acids is 1. The Balaban J connectivity index is 1.39. The van der Waals surface area contributed by atoms with E-state index in [2.05, 4.69) is 22.1 Å². The van der Waals surface area contributed by atoms with E-state index in [9.17, 15) is 4.79 Å². The van der Waals surface area contributed by atoms with Crippen molar-refractivity contribution in [3.8, 4) is 0 Å². The molecule has 0 bridgehead atoms. The second-order valence-electron chi connectivity index (χ2n) is 7.99. The van der Waals surface area contributed by atoms with Gasteiger partial charge in [-0.2, -0.15) is 0 Å². The Labute approximate surface area is 175 Å². The van der Waals surface area contributed by atoms with Crippen LogP contribution < -0.4 is 0 Å². The minimum atomic E-state index is 0.0147. The van der Waals surface area contributed by atoms with Gasteiger partial charge < -0.3 is 9.32 Å². The van der Waals surface area contributed by atoms with Crippen LogP contribution in [0.1, 0.15) is 34.9 Å². The average molecular weight is 397 g/mol. The highest BCUT2D eigenvalue weighted by atomic mass is 16.3. The molecule has 2 atom stereocenters. The Morgan fingerprint density at radius 1 is 1.07 bits per heavy atom. The highest BCUT2D eigenvalue weighted by molar-refractivity contribution is 5.83. The lowest BCUT2D eigenvalue weighted by atomic mass is 10.1. The number of aromatic nitrogens is 2. The summed E-state index contributed by atoms with van der Waals surface area (Å²) in [6.45, 7) is 2.90. The van der Waals surface area contributed by atoms with Gasteiger partial charge in [0.05, 0.1) is 6.54 Å². The first kappa shape index (κ1) is 18.6. The zero-order valence-corrected chi connectivity index (χ0v) is 16.9. The van der Waals surface area contributed by atoms with E-state index >= 15 is 0 Å². The zero-order chi connectivity index (χ0) is 20.5. The van der Waals surface area contributed by atoms with Crippen LogP contribution in [0.2, 0.25) is 0 Å². The van der Waals surface area contributed by atoms with Gasteiger partial charge in [0, 0.05) is 24.9 Å². The smallest absolute Gasteiger partial charge is 0.227 e. The predicted octanol–water partition coefficient (Wildman–Crippen LogP) is 4.86. The largest absolute Gasteiger partial charge is 0.439 e. The summed E-state index contributed by atoms with van der Waals surface area (Å²) in [5.74, 6) is 1.03. The number of hydrogen-bond acceptors (Lipinski definition) is 4. The molecule has 4 aromatic rings. The van der Waals surface area contributed by atoms with E-state index in [-0.39, 0.29) is 11.8 Å². The van der Waals surface area contributed by atoms with Crippen LogP contribution in [0, 0.1) is 12.8 Å². The monoisotopic (exact) mass is 397 g/mol. The Bertz CT molecular complexity index is 1170. The number of pyridine rings is 1. The third-order valence-electron chi connectivity index (χ3n) is 5.68. The van der Waals surface area contributed by atoms with Crippen LogP contribution in [0.5, 0.6) is 0 Å². The molecule has 1 unspecified atom stereocenters. The molecule has 1 aliphatic carbocycles. The zero-order valence-electron chi connectivity index (χ0n) is 16.9. The first-order valence-corrected chi connectivity index (χ1v) is 10.3. The molecule has 1 aliphatic rings. The van der Waals surface area contributed by atoms with Crippen LogP contribution in [0.15, 0.2) is 77.5 Å². The summed E-state index contributed by atoms with van der Waals surface area (Å²) in [4.78, 5) is 24.0. The molecule has 1 fully saturated rings. The maximum absolute atomic E-state index is 13.4. The van der Waals surface area contributed by atoms with E-state index in [1.807, 2.05) is 60.4 Å². The fourth-order valence-electron chi connectivity index (χ4n) is 4.01. The topological polar surface area (TPSA) is 59.2 Å². The number of amides is 1. The number of rotatable bonds is 6. The van der Waals surface area contributed by atoms with E-state index in [4.69, 9.17) is 4.42 Å². The quantitative estimate of drug-likeness (QED) is 0.466. The maximum atomic E-state index is 13.4. The van der Waals surface area contributed by atoms with Crippen LogP contribution in [0.3, 0.4) is 0 Å². The van der Waals surface area contributed by atoms with E-state index in [1.165, 1.54) is 5.56 Å². The summed E-state index contributed by atoms with van der Waals surface area (Å²) >= 11 is 0. The number of aryl methyl sites for hydroxylation is 1. The average Bonchev–Trinajstić information content (AvgIpc) is 3.48. The lowest BCUT2D eigenvalue weighted by Gasteiger charge is -2.21. The van der Waals surface area contributed by atoms with E-state index in [0.717, 1.165) is 28.6 Å². The van der Waals surface area contributed by atoms with Gasteiger partial charge in [-0.3, -0.25) is 9.78 Å². The molecular weight excluding hydrogens is 374 g/mol. The molecule has 1 saturated carbocycles. The van der Waals surface area contributed by atoms with Crippen molar-refractivity contribution in [2.24, 2.45) is 5.92 Å². The van der Waals surface area contributed by atoms with Gasteiger partial charge >= 0.3 is 0 Å². The molecule has 2 aromatic carbocycles. The Kier molecular flexibility index (Phi) is 4.79. The minimum Gasteiger partial charge on any atom is -0.439 e. The third-order valence-corrected chi connectivity index (χ3v) is 5.68. The molecule has 0 spiro atoms. The van der Waals surface area contributed by atoms with Gasteiger partial charge in [-0.1, -0.05) is 36.4 Å². The van der Waals surface area contributed by atoms with E-state index in [0.29, 0.717) is 24.9 Å². The number of nitrogens with zero attached hydrogens (tertiary/aromatic N) is 3. The summed E-state index contributed by atoms with van der Waals surface area (Å²) in [5.41, 5.74) is 4.99. The second kappa shape index (κ2) is 7.75. The van der Waals surface area contributed by atoms with Gasteiger partial charge in [-0.05, 0) is 60.2 Å². The van der Waals surface area contributed by atoms with Crippen molar-refractivity contribution >= 4 is 17.0 Å². The number of fused-ring (bicyclic) bond motifs is 1. The third kappa shape index (κ3) is 3.83. The van der Waals surface area contributed by atoms with Gasteiger partial charge in [0.15, 0.2) is 5.58 Å². The highest BCUT2D eigenvalue weighted by Gasteiger charge is 2.45. The van der Waals surface area contributed by atoms with Crippen molar-refractivity contribution < 1.29 is 9.21 Å². The molecule has 30 heavy (non-hydrogen) atoms. The number of benzene rings is 2. The molecule has 5 rings (SSSR count). The van der Waals surface area contributed by atoms with Crippen molar-refractivity contribution in [2.75, 3.05) is 0 Å². The van der Waals surface area contributed by atoms with Crippen molar-refractivity contribution in [1.82, 2.24) is 14.9 Å². The lowest BCUT2D eigenvalue weighted by Crippen LogP contribution is -2.32. The van der Waals surface area contributed by atoms with E-state index in [1.54, 1.807) is 12.4 Å². The predicted molar refractivity (Wildman–Crippen MR) is 115 cm³/mol. The number of hydrogen-bond donors (Lipinski definition) is 0. The molecule has 2 heterocycles. The summed E-state index contributed by atoms with van der Waals surface area (Å²) in [6.07, 6.45) is 4.40. The number of carbonyl (C=O) groups is 1. The lowest BCUT2D eigenvalue weighted by molar-refractivity contribution is -0.134. The molecule has 5 nitrogen and oxygen atoms in total. The molecule has 0 aliphatic heterocycles. The van der Waals surface area contributed by atoms with Crippen molar-refractivity contribution in [3.05, 3.63) is 95.6 Å². The van der Waals surface area contributed by atoms with Crippen molar-refractivity contribution in [3.63, 3.8) is 0 Å². The maximum Gasteiger partial charge on any atom is 0.227 e. The molecule has 0 N–H and O–H groups in total. The first-order chi connectivity index (χ1) is 14.7. The fraction of sp³-hybridized carbons (Fsp3) is 0.240. The normalized spacial score (nSPS) is 17.8. The molecule has 2 aromatic heterocycles. The summed E-state index contributed by atoms with van der Waals surface area (Å²) in [5, 5.41) is 0. The van der Waals surface area contributed by atoms with Crippen LogP contribution in [0.4, 0.5) is 0 Å². The Hall–Kier alpha value is -3.47. The van der Waals surface area contributed by atoms with Gasteiger partial charge in [-0.25, -0.2) is 4.98 Å². The van der Waals surface area contributed by atoms with Gasteiger partial charge in [-0.15, -0.1) is 0 Å². The molecule has 5 heteroatoms. The van der Waals surface area contributed by atoms with Crippen LogP contribution in [-0.4, -0.2) is 20.8 Å². The van der Waals surface area contributed by atoms with Crippen LogP contribution >= 0.6 is 0 Å². The van der Waals surface area contributed by atoms with Crippen molar-refractivity contribution in [1.29, 1.82) is 0 Å². The summed E-state index contributed by atoms with van der Waals surface area (Å²) < 4.78 is 5.94. The molecular formula is C25H23N3O2. The van der Waals surface area contributed by atoms with Crippen molar-refractivity contribution in [2.45, 2.75) is 32.4 Å².